The zero-order chi connectivity index (χ0) is 16.5. The Morgan fingerprint density at radius 3 is 2.21 bits per heavy atom. The van der Waals surface area contributed by atoms with Crippen molar-refractivity contribution in [2.24, 2.45) is 0 Å². The fraction of sp³-hybridized carbons (Fsp3) is 0. The first kappa shape index (κ1) is 15.7. The van der Waals surface area contributed by atoms with Crippen LogP contribution in [-0.4, -0.2) is 14.6 Å². The summed E-state index contributed by atoms with van der Waals surface area (Å²) >= 11 is 15.0. The molecule has 4 aromatic rings. The largest absolute Gasteiger partial charge is 0.236 e. The van der Waals surface area contributed by atoms with Crippen molar-refractivity contribution in [1.82, 2.24) is 14.6 Å². The van der Waals surface area contributed by atoms with Gasteiger partial charge in [0, 0.05) is 27.5 Å². The molecule has 0 saturated carbocycles. The summed E-state index contributed by atoms with van der Waals surface area (Å²) in [6.07, 6.45) is 0. The van der Waals surface area contributed by atoms with E-state index >= 15 is 0 Å². The van der Waals surface area contributed by atoms with Crippen LogP contribution >= 0.6 is 46.1 Å². The summed E-state index contributed by atoms with van der Waals surface area (Å²) in [4.78, 5) is 4.70. The number of hydrogen-bond donors (Lipinski definition) is 0. The third kappa shape index (κ3) is 3.08. The van der Waals surface area contributed by atoms with Gasteiger partial charge in [0.15, 0.2) is 0 Å². The minimum absolute atomic E-state index is 0.532. The van der Waals surface area contributed by atoms with Crippen LogP contribution in [0.1, 0.15) is 0 Å². The second-order valence-electron chi connectivity index (χ2n) is 5.03. The van der Waals surface area contributed by atoms with E-state index in [-0.39, 0.29) is 0 Å². The predicted octanol–water partition coefficient (Wildman–Crippen LogP) is 6.30. The van der Waals surface area contributed by atoms with E-state index in [0.29, 0.717) is 10.0 Å². The van der Waals surface area contributed by atoms with E-state index in [9.17, 15) is 0 Å². The van der Waals surface area contributed by atoms with Gasteiger partial charge < -0.3 is 0 Å². The lowest BCUT2D eigenvalue weighted by molar-refractivity contribution is 1.16. The lowest BCUT2D eigenvalue weighted by atomic mass is 10.1. The van der Waals surface area contributed by atoms with Crippen molar-refractivity contribution < 1.29 is 0 Å². The number of rotatable bonds is 3. The SMILES string of the molecule is Clc1ccc(-c2csc(-c3ccc(-c4csnn4)cc3)n2)cc1Cl. The number of hydrogen-bond acceptors (Lipinski definition) is 5. The maximum Gasteiger partial charge on any atom is 0.124 e. The molecule has 0 radical (unpaired) electrons. The highest BCUT2D eigenvalue weighted by Crippen LogP contribution is 2.33. The first-order valence-electron chi connectivity index (χ1n) is 6.99. The average Bonchev–Trinajstić information content (AvgIpc) is 3.29. The second kappa shape index (κ2) is 6.61. The topological polar surface area (TPSA) is 38.7 Å². The Morgan fingerprint density at radius 2 is 1.50 bits per heavy atom. The van der Waals surface area contributed by atoms with Gasteiger partial charge in [0.25, 0.3) is 0 Å². The molecule has 0 aliphatic carbocycles. The van der Waals surface area contributed by atoms with Crippen LogP contribution in [-0.2, 0) is 0 Å². The summed E-state index contributed by atoms with van der Waals surface area (Å²) in [5.74, 6) is 0. The van der Waals surface area contributed by atoms with Crippen LogP contribution in [0.15, 0.2) is 53.2 Å². The van der Waals surface area contributed by atoms with Crippen molar-refractivity contribution in [2.75, 3.05) is 0 Å². The van der Waals surface area contributed by atoms with Gasteiger partial charge in [-0.25, -0.2) is 4.98 Å². The van der Waals surface area contributed by atoms with Crippen molar-refractivity contribution in [3.8, 4) is 33.1 Å². The van der Waals surface area contributed by atoms with E-state index in [1.165, 1.54) is 11.5 Å². The first-order chi connectivity index (χ1) is 11.7. The monoisotopic (exact) mass is 389 g/mol. The van der Waals surface area contributed by atoms with Gasteiger partial charge in [0.05, 0.1) is 15.7 Å². The van der Waals surface area contributed by atoms with E-state index in [2.05, 4.69) is 9.59 Å². The zero-order valence-electron chi connectivity index (χ0n) is 12.1. The van der Waals surface area contributed by atoms with Gasteiger partial charge in [-0.1, -0.05) is 58.0 Å². The molecule has 3 nitrogen and oxygen atoms in total. The quantitative estimate of drug-likeness (QED) is 0.412. The van der Waals surface area contributed by atoms with Gasteiger partial charge in [-0.15, -0.1) is 16.4 Å². The third-order valence-corrected chi connectivity index (χ3v) is 5.64. The third-order valence-electron chi connectivity index (χ3n) is 3.51. The molecule has 118 valence electrons. The summed E-state index contributed by atoms with van der Waals surface area (Å²) in [6.45, 7) is 0. The average molecular weight is 390 g/mol. The maximum atomic E-state index is 6.09. The minimum Gasteiger partial charge on any atom is -0.236 e. The number of halogens is 2. The fourth-order valence-electron chi connectivity index (χ4n) is 2.27. The maximum absolute atomic E-state index is 6.09. The molecule has 24 heavy (non-hydrogen) atoms. The van der Waals surface area contributed by atoms with Crippen LogP contribution in [0.3, 0.4) is 0 Å². The molecule has 0 saturated heterocycles. The van der Waals surface area contributed by atoms with E-state index in [1.54, 1.807) is 17.4 Å². The lowest BCUT2D eigenvalue weighted by Crippen LogP contribution is -1.82. The highest BCUT2D eigenvalue weighted by molar-refractivity contribution is 7.13. The molecule has 2 aromatic heterocycles. The van der Waals surface area contributed by atoms with Gasteiger partial charge in [0.2, 0.25) is 0 Å². The second-order valence-corrected chi connectivity index (χ2v) is 7.32. The van der Waals surface area contributed by atoms with E-state index in [1.807, 2.05) is 47.2 Å². The molecular weight excluding hydrogens is 381 g/mol. The van der Waals surface area contributed by atoms with Crippen LogP contribution in [0.2, 0.25) is 10.0 Å². The molecule has 0 amide bonds. The fourth-order valence-corrected chi connectivity index (χ4v) is 3.87. The molecular formula is C17H9Cl2N3S2. The smallest absolute Gasteiger partial charge is 0.124 e. The normalized spacial score (nSPS) is 10.9. The summed E-state index contributed by atoms with van der Waals surface area (Å²) in [5.41, 5.74) is 4.85. The molecule has 0 atom stereocenters. The summed E-state index contributed by atoms with van der Waals surface area (Å²) in [6, 6.07) is 13.7. The summed E-state index contributed by atoms with van der Waals surface area (Å²) < 4.78 is 3.89. The Hall–Kier alpha value is -1.79. The number of benzene rings is 2. The Balaban J connectivity index is 1.63. The van der Waals surface area contributed by atoms with E-state index in [4.69, 9.17) is 28.2 Å². The summed E-state index contributed by atoms with van der Waals surface area (Å²) in [7, 11) is 0. The molecule has 0 aliphatic heterocycles. The highest BCUT2D eigenvalue weighted by atomic mass is 35.5. The number of nitrogens with zero attached hydrogens (tertiary/aromatic N) is 3. The zero-order valence-corrected chi connectivity index (χ0v) is 15.3. The number of aromatic nitrogens is 3. The summed E-state index contributed by atoms with van der Waals surface area (Å²) in [5, 5.41) is 10.1. The molecule has 7 heteroatoms. The van der Waals surface area contributed by atoms with Crippen molar-refractivity contribution >= 4 is 46.1 Å². The lowest BCUT2D eigenvalue weighted by Gasteiger charge is -2.00. The molecule has 4 rings (SSSR count). The Bertz CT molecular complexity index is 980. The van der Waals surface area contributed by atoms with Crippen molar-refractivity contribution in [2.45, 2.75) is 0 Å². The van der Waals surface area contributed by atoms with Gasteiger partial charge in [-0.3, -0.25) is 0 Å². The highest BCUT2D eigenvalue weighted by Gasteiger charge is 2.09. The molecule has 2 aromatic carbocycles. The Labute approximate surface area is 156 Å². The Morgan fingerprint density at radius 1 is 0.750 bits per heavy atom. The van der Waals surface area contributed by atoms with Crippen LogP contribution in [0, 0.1) is 0 Å². The van der Waals surface area contributed by atoms with Gasteiger partial charge in [-0.2, -0.15) is 0 Å². The van der Waals surface area contributed by atoms with Crippen LogP contribution < -0.4 is 0 Å². The molecule has 0 spiro atoms. The molecule has 2 heterocycles. The Kier molecular flexibility index (Phi) is 4.33. The molecule has 0 fully saturated rings. The molecule has 0 N–H and O–H groups in total. The van der Waals surface area contributed by atoms with Crippen molar-refractivity contribution in [3.05, 3.63) is 63.3 Å². The molecule has 0 unspecified atom stereocenters. The van der Waals surface area contributed by atoms with Crippen molar-refractivity contribution in [3.63, 3.8) is 0 Å². The first-order valence-corrected chi connectivity index (χ1v) is 9.47. The minimum atomic E-state index is 0.532. The van der Waals surface area contributed by atoms with Gasteiger partial charge in [-0.05, 0) is 23.7 Å². The van der Waals surface area contributed by atoms with Crippen LogP contribution in [0.5, 0.6) is 0 Å². The van der Waals surface area contributed by atoms with Crippen molar-refractivity contribution in [1.29, 1.82) is 0 Å². The van der Waals surface area contributed by atoms with E-state index < -0.39 is 0 Å². The van der Waals surface area contributed by atoms with E-state index in [0.717, 1.165) is 33.1 Å². The van der Waals surface area contributed by atoms with Crippen LogP contribution in [0.4, 0.5) is 0 Å². The van der Waals surface area contributed by atoms with Gasteiger partial charge in [0.1, 0.15) is 10.7 Å². The standard InChI is InChI=1S/C17H9Cl2N3S2/c18-13-6-5-12(7-14(13)19)15-8-23-17(20-15)11-3-1-10(2-4-11)16-9-24-22-21-16/h1-9H. The number of thiazole rings is 1. The predicted molar refractivity (Wildman–Crippen MR) is 102 cm³/mol. The molecule has 0 bridgehead atoms. The van der Waals surface area contributed by atoms with Crippen LogP contribution in [0.25, 0.3) is 33.1 Å². The molecule has 0 aliphatic rings. The van der Waals surface area contributed by atoms with Gasteiger partial charge >= 0.3 is 0 Å².